The van der Waals surface area contributed by atoms with Crippen LogP contribution in [0.2, 0.25) is 0 Å². The SMILES string of the molecule is CC1(C)CCC(=O)c2ccc(C#Cc3ccc(C(=O)O)c(F)c3)cc21.Cc1ccc(C#Cc2ccc3c(c2)C(C)(C)CCC3=O)cc1F. The minimum Gasteiger partial charge on any atom is -0.478 e. The smallest absolute Gasteiger partial charge is 0.338 e. The third kappa shape index (κ3) is 7.45. The first-order chi connectivity index (χ1) is 22.6. The lowest BCUT2D eigenvalue weighted by Crippen LogP contribution is -2.27. The summed E-state index contributed by atoms with van der Waals surface area (Å²) in [7, 11) is 0. The molecule has 0 unspecified atom stereocenters. The van der Waals surface area contributed by atoms with Gasteiger partial charge in [-0.1, -0.05) is 57.4 Å². The van der Waals surface area contributed by atoms with Crippen molar-refractivity contribution in [3.05, 3.63) is 140 Å². The molecule has 0 aromatic heterocycles. The van der Waals surface area contributed by atoms with Crippen molar-refractivity contribution in [3.8, 4) is 23.7 Å². The van der Waals surface area contributed by atoms with Crippen LogP contribution < -0.4 is 0 Å². The Kier molecular flexibility index (Phi) is 9.51. The van der Waals surface area contributed by atoms with Crippen LogP contribution in [0.25, 0.3) is 0 Å². The number of carboxylic acid groups (broad SMARTS) is 1. The number of rotatable bonds is 1. The summed E-state index contributed by atoms with van der Waals surface area (Å²) in [6.45, 7) is 10.3. The first-order valence-corrected chi connectivity index (χ1v) is 15.8. The second kappa shape index (κ2) is 13.4. The number of halogens is 2. The Bertz CT molecular complexity index is 2100. The summed E-state index contributed by atoms with van der Waals surface area (Å²) in [4.78, 5) is 35.0. The lowest BCUT2D eigenvalue weighted by molar-refractivity contribution is 0.0691. The van der Waals surface area contributed by atoms with Crippen molar-refractivity contribution >= 4 is 17.5 Å². The second-order valence-corrected chi connectivity index (χ2v) is 13.6. The van der Waals surface area contributed by atoms with Crippen molar-refractivity contribution in [2.24, 2.45) is 0 Å². The van der Waals surface area contributed by atoms with Gasteiger partial charge in [-0.2, -0.15) is 0 Å². The highest BCUT2D eigenvalue weighted by atomic mass is 19.1. The first kappa shape index (κ1) is 34.0. The maximum Gasteiger partial charge on any atom is 0.338 e. The van der Waals surface area contributed by atoms with E-state index in [0.29, 0.717) is 29.5 Å². The molecule has 0 radical (unpaired) electrons. The van der Waals surface area contributed by atoms with E-state index in [0.717, 1.165) is 52.3 Å². The number of carbonyl (C=O) groups excluding carboxylic acids is 2. The molecule has 2 aliphatic rings. The van der Waals surface area contributed by atoms with Gasteiger partial charge in [-0.3, -0.25) is 9.59 Å². The van der Waals surface area contributed by atoms with Crippen LogP contribution in [-0.2, 0) is 10.8 Å². The maximum absolute atomic E-state index is 13.7. The molecule has 6 rings (SSSR count). The molecule has 0 aliphatic heterocycles. The number of benzene rings is 4. The predicted octanol–water partition coefficient (Wildman–Crippen LogP) is 8.97. The van der Waals surface area contributed by atoms with E-state index >= 15 is 0 Å². The number of ketones is 2. The largest absolute Gasteiger partial charge is 0.478 e. The van der Waals surface area contributed by atoms with E-state index < -0.39 is 11.8 Å². The normalized spacial score (nSPS) is 15.3. The molecule has 2 aliphatic carbocycles. The number of aromatic carboxylic acids is 1. The van der Waals surface area contributed by atoms with Crippen molar-refractivity contribution in [1.29, 1.82) is 0 Å². The van der Waals surface area contributed by atoms with Crippen LogP contribution in [0.3, 0.4) is 0 Å². The molecule has 4 nitrogen and oxygen atoms in total. The summed E-state index contributed by atoms with van der Waals surface area (Å²) in [5.41, 5.74) is 6.40. The highest BCUT2D eigenvalue weighted by Crippen LogP contribution is 2.38. The molecular weight excluding hydrogens is 606 g/mol. The number of Topliss-reactive ketones (excluding diaryl/α,β-unsaturated/α-hetero) is 2. The van der Waals surface area contributed by atoms with Crippen molar-refractivity contribution in [2.45, 2.75) is 71.1 Å². The Morgan fingerprint density at radius 3 is 1.44 bits per heavy atom. The van der Waals surface area contributed by atoms with Crippen LogP contribution in [0.5, 0.6) is 0 Å². The van der Waals surface area contributed by atoms with E-state index in [1.165, 1.54) is 18.2 Å². The lowest BCUT2D eigenvalue weighted by Gasteiger charge is -2.31. The van der Waals surface area contributed by atoms with Crippen molar-refractivity contribution < 1.29 is 28.3 Å². The molecule has 0 fully saturated rings. The number of fused-ring (bicyclic) bond motifs is 2. The van der Waals surface area contributed by atoms with Gasteiger partial charge in [-0.25, -0.2) is 13.6 Å². The number of carbonyl (C=O) groups is 3. The van der Waals surface area contributed by atoms with Gasteiger partial charge in [-0.15, -0.1) is 0 Å². The van der Waals surface area contributed by atoms with E-state index in [-0.39, 0.29) is 33.8 Å². The summed E-state index contributed by atoms with van der Waals surface area (Å²) >= 11 is 0. The second-order valence-electron chi connectivity index (χ2n) is 13.6. The zero-order valence-corrected chi connectivity index (χ0v) is 27.7. The molecule has 4 aromatic carbocycles. The van der Waals surface area contributed by atoms with Crippen LogP contribution in [0.15, 0.2) is 72.8 Å². The van der Waals surface area contributed by atoms with Crippen LogP contribution in [0.1, 0.15) is 123 Å². The van der Waals surface area contributed by atoms with Gasteiger partial charge in [-0.05, 0) is 114 Å². The summed E-state index contributed by atoms with van der Waals surface area (Å²) in [5, 5.41) is 8.84. The van der Waals surface area contributed by atoms with Crippen LogP contribution in [0, 0.1) is 42.2 Å². The Labute approximate surface area is 280 Å². The van der Waals surface area contributed by atoms with Crippen molar-refractivity contribution in [2.75, 3.05) is 0 Å². The molecule has 0 saturated carbocycles. The monoisotopic (exact) mass is 642 g/mol. The first-order valence-electron chi connectivity index (χ1n) is 15.8. The predicted molar refractivity (Wildman–Crippen MR) is 183 cm³/mol. The zero-order valence-electron chi connectivity index (χ0n) is 27.7. The van der Waals surface area contributed by atoms with E-state index in [1.807, 2.05) is 30.3 Å². The topological polar surface area (TPSA) is 71.4 Å². The highest BCUT2D eigenvalue weighted by molar-refractivity contribution is 6.00. The van der Waals surface area contributed by atoms with Gasteiger partial charge >= 0.3 is 5.97 Å². The summed E-state index contributed by atoms with van der Waals surface area (Å²) in [5.74, 6) is 9.89. The van der Waals surface area contributed by atoms with E-state index in [9.17, 15) is 23.2 Å². The molecule has 0 saturated heterocycles. The molecule has 242 valence electrons. The number of hydrogen-bond acceptors (Lipinski definition) is 3. The molecule has 0 spiro atoms. The minimum absolute atomic E-state index is 0.0170. The zero-order chi connectivity index (χ0) is 34.8. The fraction of sp³-hybridized carbons (Fsp3) is 0.262. The van der Waals surface area contributed by atoms with E-state index in [4.69, 9.17) is 5.11 Å². The number of carboxylic acids is 1. The van der Waals surface area contributed by atoms with Gasteiger partial charge < -0.3 is 5.11 Å². The summed E-state index contributed by atoms with van der Waals surface area (Å²) in [6.07, 6.45) is 2.82. The van der Waals surface area contributed by atoms with Crippen LogP contribution in [0.4, 0.5) is 8.78 Å². The molecular formula is C42H36F2O4. The molecule has 0 heterocycles. The van der Waals surface area contributed by atoms with Gasteiger partial charge in [0.25, 0.3) is 0 Å². The van der Waals surface area contributed by atoms with Gasteiger partial charge in [0.1, 0.15) is 11.6 Å². The standard InChI is InChI=1S/C21H17FO3.C21H19FO/c1-21(2)10-9-19(23)15-7-5-13(11-17(15)21)3-4-14-6-8-16(20(24)25)18(22)12-14;1-14-4-5-16(13-19(14)22)7-6-15-8-9-17-18(12-15)21(2,3)11-10-20(17)23/h5-8,11-12H,9-10H2,1-2H3,(H,24,25);4-5,8-9,12-13H,10-11H2,1-3H3. The molecule has 48 heavy (non-hydrogen) atoms. The Hall–Kier alpha value is -5.33. The molecule has 4 aromatic rings. The Morgan fingerprint density at radius 1 is 0.625 bits per heavy atom. The average molecular weight is 643 g/mol. The van der Waals surface area contributed by atoms with Gasteiger partial charge in [0.2, 0.25) is 0 Å². The van der Waals surface area contributed by atoms with Gasteiger partial charge in [0, 0.05) is 46.2 Å². The van der Waals surface area contributed by atoms with Crippen LogP contribution in [-0.4, -0.2) is 22.6 Å². The molecule has 6 heteroatoms. The number of aryl methyl sites for hydroxylation is 1. The summed E-state index contributed by atoms with van der Waals surface area (Å²) in [6, 6.07) is 20.0. The van der Waals surface area contributed by atoms with Gasteiger partial charge in [0.05, 0.1) is 5.56 Å². The molecule has 0 amide bonds. The quantitative estimate of drug-likeness (QED) is 0.211. The van der Waals surface area contributed by atoms with Gasteiger partial charge in [0.15, 0.2) is 11.6 Å². The minimum atomic E-state index is -1.31. The van der Waals surface area contributed by atoms with Crippen molar-refractivity contribution in [1.82, 2.24) is 0 Å². The van der Waals surface area contributed by atoms with Crippen molar-refractivity contribution in [3.63, 3.8) is 0 Å². The molecule has 0 bridgehead atoms. The van der Waals surface area contributed by atoms with E-state index in [2.05, 4.69) is 51.4 Å². The maximum atomic E-state index is 13.7. The fourth-order valence-electron chi connectivity index (χ4n) is 5.97. The number of hydrogen-bond donors (Lipinski definition) is 1. The highest BCUT2D eigenvalue weighted by Gasteiger charge is 2.32. The fourth-order valence-corrected chi connectivity index (χ4v) is 5.97. The third-order valence-electron chi connectivity index (χ3n) is 9.13. The Balaban J connectivity index is 0.000000188. The summed E-state index contributed by atoms with van der Waals surface area (Å²) < 4.78 is 27.3. The van der Waals surface area contributed by atoms with Crippen LogP contribution >= 0.6 is 0 Å². The lowest BCUT2D eigenvalue weighted by atomic mass is 9.72. The Morgan fingerprint density at radius 2 is 1.02 bits per heavy atom. The molecule has 1 N–H and O–H groups in total. The third-order valence-corrected chi connectivity index (χ3v) is 9.13. The van der Waals surface area contributed by atoms with E-state index in [1.54, 1.807) is 25.1 Å². The molecule has 0 atom stereocenters. The average Bonchev–Trinajstić information content (AvgIpc) is 3.05.